The van der Waals surface area contributed by atoms with Gasteiger partial charge in [-0.05, 0) is 30.3 Å². The summed E-state index contributed by atoms with van der Waals surface area (Å²) in [6, 6.07) is 7.28. The number of hydrogen-bond acceptors (Lipinski definition) is 5. The van der Waals surface area contributed by atoms with Crippen LogP contribution in [0.4, 0.5) is 14.5 Å². The fraction of sp³-hybridized carbons (Fsp3) is 0.143. The SMILES string of the molecule is CN1C(=O)/C(=C/c2cnco2)c2cc(S(=O)(=O)N(C)Cc3ccc(F)cc3F)ccc21. The largest absolute Gasteiger partial charge is 0.444 e. The van der Waals surface area contributed by atoms with E-state index in [2.05, 4.69) is 4.98 Å². The first-order chi connectivity index (χ1) is 14.7. The Labute approximate surface area is 177 Å². The van der Waals surface area contributed by atoms with E-state index in [0.29, 0.717) is 23.1 Å². The Balaban J connectivity index is 1.70. The smallest absolute Gasteiger partial charge is 0.258 e. The molecule has 31 heavy (non-hydrogen) atoms. The molecule has 0 radical (unpaired) electrons. The maximum atomic E-state index is 14.0. The molecule has 1 aliphatic rings. The van der Waals surface area contributed by atoms with Gasteiger partial charge in [0.25, 0.3) is 5.91 Å². The van der Waals surface area contributed by atoms with E-state index in [0.717, 1.165) is 10.4 Å². The fourth-order valence-electron chi connectivity index (χ4n) is 3.32. The molecule has 10 heteroatoms. The van der Waals surface area contributed by atoms with Gasteiger partial charge >= 0.3 is 0 Å². The van der Waals surface area contributed by atoms with Crippen LogP contribution in [0.3, 0.4) is 0 Å². The monoisotopic (exact) mass is 445 g/mol. The average molecular weight is 445 g/mol. The van der Waals surface area contributed by atoms with Gasteiger partial charge in [0.05, 0.1) is 22.4 Å². The minimum absolute atomic E-state index is 0.0365. The summed E-state index contributed by atoms with van der Waals surface area (Å²) >= 11 is 0. The fourth-order valence-corrected chi connectivity index (χ4v) is 4.50. The molecule has 0 aliphatic carbocycles. The highest BCUT2D eigenvalue weighted by atomic mass is 32.2. The zero-order valence-corrected chi connectivity index (χ0v) is 17.4. The van der Waals surface area contributed by atoms with Crippen molar-refractivity contribution < 1.29 is 26.4 Å². The number of likely N-dealkylation sites (N-methyl/N-ethyl adjacent to an activating group) is 1. The molecule has 1 aromatic heterocycles. The molecule has 2 aromatic carbocycles. The van der Waals surface area contributed by atoms with Gasteiger partial charge in [-0.1, -0.05) is 6.07 Å². The number of benzene rings is 2. The van der Waals surface area contributed by atoms with Crippen LogP contribution in [0.15, 0.2) is 58.3 Å². The van der Waals surface area contributed by atoms with E-state index in [-0.39, 0.29) is 28.5 Å². The van der Waals surface area contributed by atoms with Crippen molar-refractivity contribution in [3.05, 3.63) is 77.5 Å². The lowest BCUT2D eigenvalue weighted by Gasteiger charge is -2.18. The van der Waals surface area contributed by atoms with Gasteiger partial charge < -0.3 is 9.32 Å². The lowest BCUT2D eigenvalue weighted by atomic mass is 10.1. The van der Waals surface area contributed by atoms with Gasteiger partial charge in [0.2, 0.25) is 10.0 Å². The second-order valence-electron chi connectivity index (χ2n) is 7.00. The van der Waals surface area contributed by atoms with Crippen molar-refractivity contribution in [3.8, 4) is 0 Å². The first kappa shape index (κ1) is 20.9. The average Bonchev–Trinajstić information content (AvgIpc) is 3.33. The van der Waals surface area contributed by atoms with Crippen molar-refractivity contribution >= 4 is 33.3 Å². The molecule has 7 nitrogen and oxygen atoms in total. The highest BCUT2D eigenvalue weighted by Crippen LogP contribution is 2.38. The van der Waals surface area contributed by atoms with E-state index in [1.54, 1.807) is 7.05 Å². The molecule has 2 heterocycles. The number of hydrogen-bond donors (Lipinski definition) is 0. The summed E-state index contributed by atoms with van der Waals surface area (Å²) in [7, 11) is -1.14. The van der Waals surface area contributed by atoms with Crippen LogP contribution in [0.1, 0.15) is 16.9 Å². The number of amides is 1. The van der Waals surface area contributed by atoms with E-state index >= 15 is 0 Å². The molecular formula is C21H17F2N3O4S. The van der Waals surface area contributed by atoms with E-state index < -0.39 is 21.7 Å². The van der Waals surface area contributed by atoms with Crippen molar-refractivity contribution in [3.63, 3.8) is 0 Å². The lowest BCUT2D eigenvalue weighted by molar-refractivity contribution is -0.112. The van der Waals surface area contributed by atoms with E-state index in [1.165, 1.54) is 54.9 Å². The van der Waals surface area contributed by atoms with Gasteiger partial charge in [-0.25, -0.2) is 22.2 Å². The second-order valence-corrected chi connectivity index (χ2v) is 9.05. The van der Waals surface area contributed by atoms with E-state index in [4.69, 9.17) is 4.42 Å². The van der Waals surface area contributed by atoms with Crippen LogP contribution in [-0.4, -0.2) is 37.7 Å². The van der Waals surface area contributed by atoms with Crippen molar-refractivity contribution in [1.82, 2.24) is 9.29 Å². The Morgan fingerprint density at radius 3 is 2.65 bits per heavy atom. The first-order valence-electron chi connectivity index (χ1n) is 9.11. The number of aromatic nitrogens is 1. The van der Waals surface area contributed by atoms with Gasteiger partial charge in [0.1, 0.15) is 17.4 Å². The molecule has 0 fully saturated rings. The zero-order chi connectivity index (χ0) is 22.3. The number of halogens is 2. The number of carbonyl (C=O) groups is 1. The van der Waals surface area contributed by atoms with E-state index in [9.17, 15) is 22.0 Å². The highest BCUT2D eigenvalue weighted by molar-refractivity contribution is 7.89. The second kappa shape index (κ2) is 7.71. The van der Waals surface area contributed by atoms with Crippen LogP contribution >= 0.6 is 0 Å². The lowest BCUT2D eigenvalue weighted by Crippen LogP contribution is -2.27. The third kappa shape index (κ3) is 3.75. The molecule has 0 N–H and O–H groups in total. The third-order valence-corrected chi connectivity index (χ3v) is 6.81. The van der Waals surface area contributed by atoms with Gasteiger partial charge in [-0.3, -0.25) is 4.79 Å². The Bertz CT molecular complexity index is 1300. The maximum Gasteiger partial charge on any atom is 0.258 e. The molecule has 1 amide bonds. The molecule has 160 valence electrons. The summed E-state index contributed by atoms with van der Waals surface area (Å²) in [6.45, 7) is -0.287. The summed E-state index contributed by atoms with van der Waals surface area (Å²) in [4.78, 5) is 17.8. The maximum absolute atomic E-state index is 14.0. The summed E-state index contributed by atoms with van der Waals surface area (Å²) in [5.74, 6) is -1.55. The molecule has 0 spiro atoms. The van der Waals surface area contributed by atoms with Crippen LogP contribution in [0.5, 0.6) is 0 Å². The van der Waals surface area contributed by atoms with E-state index in [1.807, 2.05) is 0 Å². The number of sulfonamides is 1. The number of anilines is 1. The predicted molar refractivity (Wildman–Crippen MR) is 109 cm³/mol. The van der Waals surface area contributed by atoms with Gasteiger partial charge in [-0.15, -0.1) is 0 Å². The highest BCUT2D eigenvalue weighted by Gasteiger charge is 2.32. The Hall–Kier alpha value is -3.37. The van der Waals surface area contributed by atoms with Crippen LogP contribution in [-0.2, 0) is 21.4 Å². The Kier molecular flexibility index (Phi) is 5.19. The molecule has 0 saturated carbocycles. The third-order valence-electron chi connectivity index (χ3n) is 5.01. The predicted octanol–water partition coefficient (Wildman–Crippen LogP) is 3.29. The van der Waals surface area contributed by atoms with Gasteiger partial charge in [0, 0.05) is 37.8 Å². The topological polar surface area (TPSA) is 83.7 Å². The Morgan fingerprint density at radius 2 is 1.97 bits per heavy atom. The summed E-state index contributed by atoms with van der Waals surface area (Å²) in [6.07, 6.45) is 4.15. The van der Waals surface area contributed by atoms with Crippen LogP contribution in [0, 0.1) is 11.6 Å². The minimum atomic E-state index is -4.03. The molecule has 0 bridgehead atoms. The Morgan fingerprint density at radius 1 is 1.19 bits per heavy atom. The zero-order valence-electron chi connectivity index (χ0n) is 16.5. The van der Waals surface area contributed by atoms with Crippen molar-refractivity contribution in [2.45, 2.75) is 11.4 Å². The van der Waals surface area contributed by atoms with Crippen LogP contribution in [0.2, 0.25) is 0 Å². The summed E-state index contributed by atoms with van der Waals surface area (Å²) in [5.41, 5.74) is 1.27. The molecular weight excluding hydrogens is 428 g/mol. The number of fused-ring (bicyclic) bond motifs is 1. The normalized spacial score (nSPS) is 15.2. The van der Waals surface area contributed by atoms with Crippen LogP contribution < -0.4 is 4.90 Å². The summed E-state index contributed by atoms with van der Waals surface area (Å²) < 4.78 is 59.4. The molecule has 1 aliphatic heterocycles. The molecule has 0 saturated heterocycles. The minimum Gasteiger partial charge on any atom is -0.444 e. The first-order valence-corrected chi connectivity index (χ1v) is 10.6. The quantitative estimate of drug-likeness (QED) is 0.563. The number of nitrogens with zero attached hydrogens (tertiary/aromatic N) is 3. The number of carbonyl (C=O) groups excluding carboxylic acids is 1. The van der Waals surface area contributed by atoms with Crippen LogP contribution in [0.25, 0.3) is 11.6 Å². The molecule has 4 rings (SSSR count). The van der Waals surface area contributed by atoms with Gasteiger partial charge in [-0.2, -0.15) is 4.31 Å². The van der Waals surface area contributed by atoms with Crippen molar-refractivity contribution in [2.24, 2.45) is 0 Å². The standard InChI is InChI=1S/C21H17F2N3O4S/c1-25(11-13-3-4-14(22)7-19(13)23)31(28,29)16-5-6-20-17(9-16)18(21(27)26(20)2)8-15-10-24-12-30-15/h3-10,12H,11H2,1-2H3/b18-8+. The summed E-state index contributed by atoms with van der Waals surface area (Å²) in [5, 5.41) is 0. The van der Waals surface area contributed by atoms with Gasteiger partial charge in [0.15, 0.2) is 6.39 Å². The van der Waals surface area contributed by atoms with Crippen molar-refractivity contribution in [2.75, 3.05) is 19.0 Å². The molecule has 3 aromatic rings. The number of rotatable bonds is 5. The number of oxazole rings is 1. The van der Waals surface area contributed by atoms with Crippen molar-refractivity contribution in [1.29, 1.82) is 0 Å². The molecule has 0 unspecified atom stereocenters. The molecule has 0 atom stereocenters.